The Bertz CT molecular complexity index is 1500. The molecule has 0 spiro atoms. The summed E-state index contributed by atoms with van der Waals surface area (Å²) in [5, 5.41) is 5.87. The van der Waals surface area contributed by atoms with Gasteiger partial charge in [-0.3, -0.25) is 18.9 Å². The number of amides is 1. The molecule has 0 saturated carbocycles. The molecule has 3 aromatic rings. The average Bonchev–Trinajstić information content (AvgIpc) is 2.95. The van der Waals surface area contributed by atoms with Crippen molar-refractivity contribution < 1.29 is 4.79 Å². The molecule has 2 aromatic heterocycles. The second-order valence-electron chi connectivity index (χ2n) is 9.99. The number of carbonyl (C=O) groups excluding carboxylic acids is 1. The quantitative estimate of drug-likeness (QED) is 0.134. The molecule has 1 amide bonds. The summed E-state index contributed by atoms with van der Waals surface area (Å²) in [6.07, 6.45) is 4.88. The fourth-order valence-electron chi connectivity index (χ4n) is 5.05. The van der Waals surface area contributed by atoms with Gasteiger partial charge in [-0.25, -0.2) is 15.8 Å². The fraction of sp³-hybridized carbons (Fsp3) is 0.407. The van der Waals surface area contributed by atoms with Gasteiger partial charge >= 0.3 is 0 Å². The summed E-state index contributed by atoms with van der Waals surface area (Å²) < 4.78 is 4.31. The van der Waals surface area contributed by atoms with Gasteiger partial charge in [-0.2, -0.15) is 0 Å². The first-order valence-corrected chi connectivity index (χ1v) is 14.6. The third kappa shape index (κ3) is 5.98. The first-order chi connectivity index (χ1) is 19.0. The first-order valence-electron chi connectivity index (χ1n) is 13.0. The number of fused-ring (bicyclic) bond motifs is 1. The van der Waals surface area contributed by atoms with E-state index in [1.807, 2.05) is 32.9 Å². The molecule has 1 saturated heterocycles. The van der Waals surface area contributed by atoms with Crippen molar-refractivity contribution in [2.45, 2.75) is 45.7 Å². The van der Waals surface area contributed by atoms with Gasteiger partial charge in [0.2, 0.25) is 5.95 Å². The number of rotatable bonds is 8. The van der Waals surface area contributed by atoms with Crippen LogP contribution in [-0.4, -0.2) is 50.8 Å². The number of anilines is 2. The average molecular weight is 586 g/mol. The van der Waals surface area contributed by atoms with E-state index in [-0.39, 0.29) is 34.4 Å². The molecule has 1 fully saturated rings. The smallest absolute Gasteiger partial charge is 0.281 e. The number of nitrogens with zero attached hydrogens (tertiary/aromatic N) is 5. The van der Waals surface area contributed by atoms with Crippen molar-refractivity contribution in [1.29, 1.82) is 0 Å². The Kier molecular flexibility index (Phi) is 9.12. The molecule has 0 bridgehead atoms. The predicted molar refractivity (Wildman–Crippen MR) is 163 cm³/mol. The standard InChI is InChI=1S/C27H36ClN9O2S/c1-15-12-19(17(3)31-21-6-7-22(28)32-24(21)25(38)34-40-5)23-20(13-15)26(39)35(4)27(33-23)36-10-8-18(9-11-36)37(30)16(2)14-29/h6-7,12-14,17-18,31H,8-11,29-30H2,1-5H3,(H,34,38)/b16-14-. The van der Waals surface area contributed by atoms with Crippen LogP contribution in [0.4, 0.5) is 11.6 Å². The van der Waals surface area contributed by atoms with E-state index in [1.54, 1.807) is 35.0 Å². The summed E-state index contributed by atoms with van der Waals surface area (Å²) in [5.41, 5.74) is 9.46. The van der Waals surface area contributed by atoms with Crippen LogP contribution in [0.1, 0.15) is 54.3 Å². The van der Waals surface area contributed by atoms with E-state index in [2.05, 4.69) is 19.9 Å². The molecule has 4 rings (SSSR count). The van der Waals surface area contributed by atoms with Gasteiger partial charge in [-0.15, -0.1) is 0 Å². The zero-order chi connectivity index (χ0) is 29.1. The number of hydrogen-bond donors (Lipinski definition) is 4. The molecule has 1 atom stereocenters. The Balaban J connectivity index is 1.70. The van der Waals surface area contributed by atoms with E-state index in [0.717, 1.165) is 29.7 Å². The van der Waals surface area contributed by atoms with Gasteiger partial charge in [0.25, 0.3) is 11.5 Å². The van der Waals surface area contributed by atoms with Gasteiger partial charge in [0.1, 0.15) is 5.15 Å². The maximum atomic E-state index is 13.6. The van der Waals surface area contributed by atoms with Crippen LogP contribution in [-0.2, 0) is 7.05 Å². The summed E-state index contributed by atoms with van der Waals surface area (Å²) in [5.74, 6) is 6.50. The number of halogens is 1. The third-order valence-electron chi connectivity index (χ3n) is 7.23. The molecule has 1 aliphatic heterocycles. The first kappa shape index (κ1) is 29.5. The lowest BCUT2D eigenvalue weighted by atomic mass is 10.0. The van der Waals surface area contributed by atoms with E-state index in [0.29, 0.717) is 35.6 Å². The predicted octanol–water partition coefficient (Wildman–Crippen LogP) is 3.44. The molecule has 1 aromatic carbocycles. The van der Waals surface area contributed by atoms with Crippen LogP contribution in [0, 0.1) is 6.92 Å². The Hall–Kier alpha value is -3.48. The molecule has 0 aliphatic carbocycles. The number of hydrazine groups is 1. The van der Waals surface area contributed by atoms with Crippen molar-refractivity contribution in [2.24, 2.45) is 18.6 Å². The SMILES string of the molecule is CSNC(=O)c1nc(Cl)ccc1NC(C)c1cc(C)cc2c(=O)n(C)c(N3CCC(N(N)/C(C)=C\N)CC3)nc12. The molecular formula is C27H36ClN9O2S. The third-order valence-corrected chi connectivity index (χ3v) is 7.83. The number of pyridine rings is 1. The number of nitrogens with one attached hydrogen (secondary N) is 2. The van der Waals surface area contributed by atoms with Crippen molar-refractivity contribution in [1.82, 2.24) is 24.3 Å². The van der Waals surface area contributed by atoms with Crippen LogP contribution in [0.2, 0.25) is 5.15 Å². The topological polar surface area (TPSA) is 147 Å². The van der Waals surface area contributed by atoms with Crippen LogP contribution in [0.3, 0.4) is 0 Å². The maximum absolute atomic E-state index is 13.6. The van der Waals surface area contributed by atoms with Crippen molar-refractivity contribution >= 4 is 52.0 Å². The molecule has 11 nitrogen and oxygen atoms in total. The number of hydrogen-bond acceptors (Lipinski definition) is 10. The second kappa shape index (κ2) is 12.4. The molecule has 3 heterocycles. The fourth-order valence-corrected chi connectivity index (χ4v) is 5.48. The van der Waals surface area contributed by atoms with Crippen molar-refractivity contribution in [3.8, 4) is 0 Å². The monoisotopic (exact) mass is 585 g/mol. The summed E-state index contributed by atoms with van der Waals surface area (Å²) in [6, 6.07) is 7.09. The number of carbonyl (C=O) groups is 1. The molecule has 1 unspecified atom stereocenters. The van der Waals surface area contributed by atoms with Gasteiger partial charge in [0, 0.05) is 49.9 Å². The van der Waals surface area contributed by atoms with Crippen LogP contribution < -0.4 is 32.1 Å². The van der Waals surface area contributed by atoms with Crippen molar-refractivity contribution in [3.05, 3.63) is 68.5 Å². The van der Waals surface area contributed by atoms with Gasteiger partial charge in [0.05, 0.1) is 22.6 Å². The lowest BCUT2D eigenvalue weighted by Crippen LogP contribution is -2.48. The summed E-state index contributed by atoms with van der Waals surface area (Å²) >= 11 is 7.27. The zero-order valence-electron chi connectivity index (χ0n) is 23.4. The number of allylic oxidation sites excluding steroid dienone is 1. The molecule has 40 heavy (non-hydrogen) atoms. The van der Waals surface area contributed by atoms with Crippen molar-refractivity contribution in [3.63, 3.8) is 0 Å². The molecular weight excluding hydrogens is 550 g/mol. The highest BCUT2D eigenvalue weighted by Gasteiger charge is 2.27. The van der Waals surface area contributed by atoms with Crippen molar-refractivity contribution in [2.75, 3.05) is 29.6 Å². The van der Waals surface area contributed by atoms with Gasteiger partial charge in [0.15, 0.2) is 5.69 Å². The van der Waals surface area contributed by atoms with E-state index in [9.17, 15) is 9.59 Å². The Morgan fingerprint density at radius 1 is 1.27 bits per heavy atom. The molecule has 6 N–H and O–H groups in total. The largest absolute Gasteiger partial charge is 0.403 e. The van der Waals surface area contributed by atoms with Crippen LogP contribution in [0.5, 0.6) is 0 Å². The highest BCUT2D eigenvalue weighted by atomic mass is 35.5. The minimum absolute atomic E-state index is 0.116. The zero-order valence-corrected chi connectivity index (χ0v) is 24.9. The maximum Gasteiger partial charge on any atom is 0.281 e. The van der Waals surface area contributed by atoms with E-state index in [1.165, 1.54) is 18.1 Å². The summed E-state index contributed by atoms with van der Waals surface area (Å²) in [7, 11) is 1.76. The lowest BCUT2D eigenvalue weighted by Gasteiger charge is -2.38. The van der Waals surface area contributed by atoms with E-state index < -0.39 is 0 Å². The van der Waals surface area contributed by atoms with Crippen LogP contribution >= 0.6 is 23.5 Å². The van der Waals surface area contributed by atoms with E-state index in [4.69, 9.17) is 28.2 Å². The Labute approximate surface area is 243 Å². The highest BCUT2D eigenvalue weighted by molar-refractivity contribution is 7.97. The highest BCUT2D eigenvalue weighted by Crippen LogP contribution is 2.30. The van der Waals surface area contributed by atoms with E-state index >= 15 is 0 Å². The number of aryl methyl sites for hydroxylation is 1. The number of piperidine rings is 1. The van der Waals surface area contributed by atoms with Gasteiger partial charge in [-0.05, 0) is 57.4 Å². The van der Waals surface area contributed by atoms with Crippen LogP contribution in [0.15, 0.2) is 41.0 Å². The number of nitrogens with two attached hydrogens (primary N) is 2. The molecule has 1 aliphatic rings. The number of benzene rings is 1. The molecule has 13 heteroatoms. The van der Waals surface area contributed by atoms with Crippen LogP contribution in [0.25, 0.3) is 10.9 Å². The lowest BCUT2D eigenvalue weighted by molar-refractivity contribution is 0.0980. The number of aromatic nitrogens is 3. The minimum Gasteiger partial charge on any atom is -0.403 e. The van der Waals surface area contributed by atoms with Gasteiger partial charge in [-0.1, -0.05) is 29.6 Å². The molecule has 0 radical (unpaired) electrons. The minimum atomic E-state index is -0.357. The van der Waals surface area contributed by atoms with Gasteiger partial charge < -0.3 is 21.0 Å². The summed E-state index contributed by atoms with van der Waals surface area (Å²) in [6.45, 7) is 7.19. The normalized spacial score (nSPS) is 15.3. The molecule has 214 valence electrons. The Morgan fingerprint density at radius 2 is 1.98 bits per heavy atom. The Morgan fingerprint density at radius 3 is 2.62 bits per heavy atom. The second-order valence-corrected chi connectivity index (χ2v) is 11.0. The summed E-state index contributed by atoms with van der Waals surface area (Å²) in [4.78, 5) is 37.6.